The summed E-state index contributed by atoms with van der Waals surface area (Å²) in [5.74, 6) is -0.105. The summed E-state index contributed by atoms with van der Waals surface area (Å²) in [7, 11) is 2.08. The number of nitrogens with zero attached hydrogens (tertiary/aromatic N) is 4. The van der Waals surface area contributed by atoms with E-state index < -0.39 is 5.82 Å². The van der Waals surface area contributed by atoms with Gasteiger partial charge in [0.1, 0.15) is 11.5 Å². The first-order valence-electron chi connectivity index (χ1n) is 8.10. The van der Waals surface area contributed by atoms with Gasteiger partial charge in [-0.05, 0) is 43.1 Å². The number of rotatable bonds is 5. The van der Waals surface area contributed by atoms with Crippen molar-refractivity contribution >= 4 is 5.91 Å². The minimum Gasteiger partial charge on any atom is -0.337 e. The number of carbonyl (C=O) groups is 1. The van der Waals surface area contributed by atoms with Gasteiger partial charge in [-0.3, -0.25) is 9.78 Å². The summed E-state index contributed by atoms with van der Waals surface area (Å²) in [6.45, 7) is 3.21. The SMILES string of the molecule is CN(Cc1cccnc1)C[C@H]1CCN(C(=O)c2ccc(F)cn2)C1. The Labute approximate surface area is 141 Å². The number of carbonyl (C=O) groups excluding carboxylic acids is 1. The summed E-state index contributed by atoms with van der Waals surface area (Å²) < 4.78 is 12.9. The Morgan fingerprint density at radius 2 is 2.25 bits per heavy atom. The molecule has 0 N–H and O–H groups in total. The van der Waals surface area contributed by atoms with Crippen LogP contribution in [0.1, 0.15) is 22.5 Å². The summed E-state index contributed by atoms with van der Waals surface area (Å²) in [4.78, 5) is 24.5. The Kier molecular flexibility index (Phi) is 5.15. The first-order valence-corrected chi connectivity index (χ1v) is 8.10. The first-order chi connectivity index (χ1) is 11.6. The van der Waals surface area contributed by atoms with Gasteiger partial charge < -0.3 is 9.80 Å². The monoisotopic (exact) mass is 328 g/mol. The van der Waals surface area contributed by atoms with Crippen LogP contribution in [0.3, 0.4) is 0 Å². The van der Waals surface area contributed by atoms with E-state index in [-0.39, 0.29) is 5.91 Å². The normalized spacial score (nSPS) is 17.5. The Hall–Kier alpha value is -2.34. The molecular weight excluding hydrogens is 307 g/mol. The fourth-order valence-electron chi connectivity index (χ4n) is 3.14. The molecule has 1 saturated heterocycles. The Morgan fingerprint density at radius 1 is 1.38 bits per heavy atom. The van der Waals surface area contributed by atoms with Crippen molar-refractivity contribution in [2.24, 2.45) is 5.92 Å². The van der Waals surface area contributed by atoms with Gasteiger partial charge in [-0.1, -0.05) is 6.07 Å². The van der Waals surface area contributed by atoms with Crippen molar-refractivity contribution in [1.29, 1.82) is 0 Å². The standard InChI is InChI=1S/C18H21FN4O/c1-22(11-14-3-2-7-20-9-14)12-15-6-8-23(13-15)18(24)17-5-4-16(19)10-21-17/h2-5,7,9-10,15H,6,8,11-13H2,1H3/t15-/m1/s1. The average Bonchev–Trinajstić information content (AvgIpc) is 3.04. The van der Waals surface area contributed by atoms with Gasteiger partial charge in [0.05, 0.1) is 6.20 Å². The molecule has 0 radical (unpaired) electrons. The molecule has 126 valence electrons. The Balaban J connectivity index is 1.51. The van der Waals surface area contributed by atoms with Gasteiger partial charge in [0.15, 0.2) is 0 Å². The molecule has 2 aromatic heterocycles. The molecule has 1 atom stereocenters. The lowest BCUT2D eigenvalue weighted by molar-refractivity contribution is 0.0778. The molecule has 0 bridgehead atoms. The van der Waals surface area contributed by atoms with Gasteiger partial charge in [-0.25, -0.2) is 9.37 Å². The van der Waals surface area contributed by atoms with E-state index in [0.717, 1.165) is 38.8 Å². The fourth-order valence-corrected chi connectivity index (χ4v) is 3.14. The van der Waals surface area contributed by atoms with Gasteiger partial charge >= 0.3 is 0 Å². The van der Waals surface area contributed by atoms with E-state index >= 15 is 0 Å². The number of amides is 1. The van der Waals surface area contributed by atoms with E-state index in [1.807, 2.05) is 17.2 Å². The molecule has 3 heterocycles. The highest BCUT2D eigenvalue weighted by atomic mass is 19.1. The molecule has 0 spiro atoms. The Morgan fingerprint density at radius 3 is 2.96 bits per heavy atom. The minimum absolute atomic E-state index is 0.118. The highest BCUT2D eigenvalue weighted by Gasteiger charge is 2.28. The molecule has 6 heteroatoms. The van der Waals surface area contributed by atoms with Crippen LogP contribution >= 0.6 is 0 Å². The summed E-state index contributed by atoms with van der Waals surface area (Å²) >= 11 is 0. The lowest BCUT2D eigenvalue weighted by Crippen LogP contribution is -2.32. The first kappa shape index (κ1) is 16.5. The van der Waals surface area contributed by atoms with E-state index in [2.05, 4.69) is 28.0 Å². The zero-order valence-corrected chi connectivity index (χ0v) is 13.7. The zero-order valence-electron chi connectivity index (χ0n) is 13.7. The van der Waals surface area contributed by atoms with Crippen molar-refractivity contribution in [2.75, 3.05) is 26.7 Å². The fraction of sp³-hybridized carbons (Fsp3) is 0.389. The number of hydrogen-bond donors (Lipinski definition) is 0. The maximum Gasteiger partial charge on any atom is 0.272 e. The third-order valence-electron chi connectivity index (χ3n) is 4.26. The van der Waals surface area contributed by atoms with Crippen LogP contribution in [0.15, 0.2) is 42.9 Å². The smallest absolute Gasteiger partial charge is 0.272 e. The lowest BCUT2D eigenvalue weighted by Gasteiger charge is -2.21. The lowest BCUT2D eigenvalue weighted by atomic mass is 10.1. The summed E-state index contributed by atoms with van der Waals surface area (Å²) in [5.41, 5.74) is 1.49. The number of aromatic nitrogens is 2. The third kappa shape index (κ3) is 4.14. The molecular formula is C18H21FN4O. The average molecular weight is 328 g/mol. The second kappa shape index (κ2) is 7.49. The van der Waals surface area contributed by atoms with Crippen LogP contribution in [0.4, 0.5) is 4.39 Å². The Bertz CT molecular complexity index is 677. The van der Waals surface area contributed by atoms with Gasteiger partial charge in [0.2, 0.25) is 0 Å². The maximum atomic E-state index is 12.9. The van der Waals surface area contributed by atoms with Crippen LogP contribution in [-0.2, 0) is 6.54 Å². The van der Waals surface area contributed by atoms with Crippen molar-refractivity contribution in [1.82, 2.24) is 19.8 Å². The molecule has 1 amide bonds. The summed E-state index contributed by atoms with van der Waals surface area (Å²) in [6, 6.07) is 6.72. The molecule has 24 heavy (non-hydrogen) atoms. The van der Waals surface area contributed by atoms with E-state index in [4.69, 9.17) is 0 Å². The second-order valence-corrected chi connectivity index (χ2v) is 6.33. The van der Waals surface area contributed by atoms with Crippen LogP contribution < -0.4 is 0 Å². The molecule has 0 aromatic carbocycles. The topological polar surface area (TPSA) is 49.3 Å². The van der Waals surface area contributed by atoms with Crippen LogP contribution in [-0.4, -0.2) is 52.4 Å². The molecule has 3 rings (SSSR count). The predicted molar refractivity (Wildman–Crippen MR) is 88.8 cm³/mol. The van der Waals surface area contributed by atoms with E-state index in [0.29, 0.717) is 11.6 Å². The molecule has 2 aromatic rings. The van der Waals surface area contributed by atoms with Gasteiger partial charge in [-0.15, -0.1) is 0 Å². The second-order valence-electron chi connectivity index (χ2n) is 6.33. The number of pyridine rings is 2. The van der Waals surface area contributed by atoms with E-state index in [1.165, 1.54) is 17.7 Å². The summed E-state index contributed by atoms with van der Waals surface area (Å²) in [5, 5.41) is 0. The van der Waals surface area contributed by atoms with Crippen LogP contribution in [0.5, 0.6) is 0 Å². The van der Waals surface area contributed by atoms with Crippen LogP contribution in [0.25, 0.3) is 0 Å². The molecule has 5 nitrogen and oxygen atoms in total. The van der Waals surface area contributed by atoms with Gasteiger partial charge in [0, 0.05) is 38.6 Å². The van der Waals surface area contributed by atoms with E-state index in [1.54, 1.807) is 6.20 Å². The molecule has 0 aliphatic carbocycles. The molecule has 0 unspecified atom stereocenters. The highest BCUT2D eigenvalue weighted by molar-refractivity contribution is 5.92. The van der Waals surface area contributed by atoms with Crippen molar-refractivity contribution in [2.45, 2.75) is 13.0 Å². The molecule has 1 fully saturated rings. The highest BCUT2D eigenvalue weighted by Crippen LogP contribution is 2.19. The van der Waals surface area contributed by atoms with Gasteiger partial charge in [-0.2, -0.15) is 0 Å². The number of halogens is 1. The quantitative estimate of drug-likeness (QED) is 0.844. The number of hydrogen-bond acceptors (Lipinski definition) is 4. The van der Waals surface area contributed by atoms with Crippen molar-refractivity contribution in [3.63, 3.8) is 0 Å². The molecule has 1 aliphatic rings. The molecule has 1 aliphatic heterocycles. The van der Waals surface area contributed by atoms with Gasteiger partial charge in [0.25, 0.3) is 5.91 Å². The minimum atomic E-state index is -0.428. The zero-order chi connectivity index (χ0) is 16.9. The van der Waals surface area contributed by atoms with Crippen molar-refractivity contribution in [3.05, 3.63) is 59.9 Å². The van der Waals surface area contributed by atoms with Crippen LogP contribution in [0.2, 0.25) is 0 Å². The number of likely N-dealkylation sites (tertiary alicyclic amines) is 1. The third-order valence-corrected chi connectivity index (χ3v) is 4.26. The predicted octanol–water partition coefficient (Wildman–Crippen LogP) is 2.21. The van der Waals surface area contributed by atoms with Crippen molar-refractivity contribution < 1.29 is 9.18 Å². The molecule has 0 saturated carbocycles. The van der Waals surface area contributed by atoms with Crippen LogP contribution in [0, 0.1) is 11.7 Å². The maximum absolute atomic E-state index is 12.9. The van der Waals surface area contributed by atoms with E-state index in [9.17, 15) is 9.18 Å². The largest absolute Gasteiger partial charge is 0.337 e. The summed E-state index contributed by atoms with van der Waals surface area (Å²) in [6.07, 6.45) is 5.71. The van der Waals surface area contributed by atoms with Crippen molar-refractivity contribution in [3.8, 4) is 0 Å².